The summed E-state index contributed by atoms with van der Waals surface area (Å²) >= 11 is 0. The van der Waals surface area contributed by atoms with Crippen LogP contribution >= 0.6 is 0 Å². The maximum atomic E-state index is 12.9. The van der Waals surface area contributed by atoms with Crippen LogP contribution in [0.2, 0.25) is 0 Å². The van der Waals surface area contributed by atoms with Crippen LogP contribution in [0.25, 0.3) is 0 Å². The van der Waals surface area contributed by atoms with Crippen molar-refractivity contribution in [1.29, 1.82) is 0 Å². The molecule has 156 valence electrons. The van der Waals surface area contributed by atoms with E-state index in [2.05, 4.69) is 5.32 Å². The molecule has 0 atom stereocenters. The van der Waals surface area contributed by atoms with Gasteiger partial charge in [-0.1, -0.05) is 30.3 Å². The summed E-state index contributed by atoms with van der Waals surface area (Å²) in [6.07, 6.45) is 0. The molecule has 0 spiro atoms. The highest BCUT2D eigenvalue weighted by Crippen LogP contribution is 2.27. The number of aliphatic hydroxyl groups excluding tert-OH is 1. The Morgan fingerprint density at radius 3 is 2.29 bits per heavy atom. The topological polar surface area (TPSA) is 95.9 Å². The lowest BCUT2D eigenvalue weighted by atomic mass is 10.1. The summed E-state index contributed by atoms with van der Waals surface area (Å²) in [5, 5.41) is 12.1. The SMILES string of the molecule is COc1ccc(CN2C(=O)c3ccccc3C2=O)cc1C(=O)Nc1cccc(CO)c1. The standard InChI is InChI=1S/C24H20N2O5/c1-31-21-10-9-15(13-26-23(29)18-7-2-3-8-19(18)24(26)30)12-20(21)22(28)25-17-6-4-5-16(11-17)14-27/h2-12,27H,13-14H2,1H3,(H,25,28). The smallest absolute Gasteiger partial charge is 0.261 e. The number of amides is 3. The van der Waals surface area contributed by atoms with Gasteiger partial charge in [-0.15, -0.1) is 0 Å². The van der Waals surface area contributed by atoms with Crippen LogP contribution in [-0.4, -0.2) is 34.8 Å². The van der Waals surface area contributed by atoms with Gasteiger partial charge in [0.05, 0.1) is 37.0 Å². The first-order valence-corrected chi connectivity index (χ1v) is 9.65. The number of nitrogens with one attached hydrogen (secondary N) is 1. The number of methoxy groups -OCH3 is 1. The minimum atomic E-state index is -0.406. The molecular formula is C24H20N2O5. The number of fused-ring (bicyclic) bond motifs is 1. The van der Waals surface area contributed by atoms with E-state index in [-0.39, 0.29) is 30.5 Å². The highest BCUT2D eigenvalue weighted by molar-refractivity contribution is 6.21. The third kappa shape index (κ3) is 3.91. The zero-order valence-corrected chi connectivity index (χ0v) is 16.8. The van der Waals surface area contributed by atoms with Crippen molar-refractivity contribution >= 4 is 23.4 Å². The second kappa shape index (κ2) is 8.41. The molecule has 0 saturated heterocycles. The largest absolute Gasteiger partial charge is 0.496 e. The van der Waals surface area contributed by atoms with Crippen molar-refractivity contribution in [2.24, 2.45) is 0 Å². The summed E-state index contributed by atoms with van der Waals surface area (Å²) in [5.41, 5.74) is 2.84. The van der Waals surface area contributed by atoms with Gasteiger partial charge in [0.2, 0.25) is 0 Å². The number of rotatable bonds is 6. The molecule has 0 aliphatic carbocycles. The fraction of sp³-hybridized carbons (Fsp3) is 0.125. The molecular weight excluding hydrogens is 396 g/mol. The Bertz CT molecular complexity index is 1150. The molecule has 3 aromatic carbocycles. The minimum absolute atomic E-state index is 0.0383. The van der Waals surface area contributed by atoms with E-state index in [4.69, 9.17) is 4.74 Å². The van der Waals surface area contributed by atoms with Crippen molar-refractivity contribution in [3.8, 4) is 5.75 Å². The molecule has 0 bridgehead atoms. The summed E-state index contributed by atoms with van der Waals surface area (Å²) in [4.78, 5) is 39.3. The molecule has 7 nitrogen and oxygen atoms in total. The van der Waals surface area contributed by atoms with Crippen LogP contribution in [0.3, 0.4) is 0 Å². The van der Waals surface area contributed by atoms with Crippen LogP contribution in [0.4, 0.5) is 5.69 Å². The number of imide groups is 1. The van der Waals surface area contributed by atoms with Crippen LogP contribution in [0.5, 0.6) is 5.75 Å². The number of carbonyl (C=O) groups excluding carboxylic acids is 3. The number of anilines is 1. The van der Waals surface area contributed by atoms with Gasteiger partial charge in [0, 0.05) is 5.69 Å². The Morgan fingerprint density at radius 2 is 1.65 bits per heavy atom. The number of hydrogen-bond donors (Lipinski definition) is 2. The Kier molecular flexibility index (Phi) is 5.51. The fourth-order valence-corrected chi connectivity index (χ4v) is 3.54. The van der Waals surface area contributed by atoms with E-state index >= 15 is 0 Å². The Morgan fingerprint density at radius 1 is 0.935 bits per heavy atom. The van der Waals surface area contributed by atoms with Crippen molar-refractivity contribution in [2.75, 3.05) is 12.4 Å². The zero-order valence-electron chi connectivity index (χ0n) is 16.8. The van der Waals surface area contributed by atoms with E-state index in [1.54, 1.807) is 66.7 Å². The van der Waals surface area contributed by atoms with Gasteiger partial charge in [0.15, 0.2) is 0 Å². The molecule has 1 aliphatic heterocycles. The van der Waals surface area contributed by atoms with Gasteiger partial charge >= 0.3 is 0 Å². The molecule has 1 heterocycles. The van der Waals surface area contributed by atoms with Gasteiger partial charge in [0.1, 0.15) is 5.75 Å². The first-order chi connectivity index (χ1) is 15.0. The first-order valence-electron chi connectivity index (χ1n) is 9.65. The molecule has 0 saturated carbocycles. The Balaban J connectivity index is 1.58. The highest BCUT2D eigenvalue weighted by atomic mass is 16.5. The highest BCUT2D eigenvalue weighted by Gasteiger charge is 2.35. The molecule has 3 amide bonds. The molecule has 31 heavy (non-hydrogen) atoms. The average Bonchev–Trinajstić information content (AvgIpc) is 3.04. The van der Waals surface area contributed by atoms with E-state index in [0.717, 1.165) is 0 Å². The van der Waals surface area contributed by atoms with Gasteiger partial charge in [-0.25, -0.2) is 0 Å². The maximum Gasteiger partial charge on any atom is 0.261 e. The molecule has 0 radical (unpaired) electrons. The molecule has 2 N–H and O–H groups in total. The van der Waals surface area contributed by atoms with Crippen LogP contribution < -0.4 is 10.1 Å². The van der Waals surface area contributed by atoms with Gasteiger partial charge in [0.25, 0.3) is 17.7 Å². The van der Waals surface area contributed by atoms with E-state index in [1.807, 2.05) is 0 Å². The van der Waals surface area contributed by atoms with Gasteiger partial charge < -0.3 is 15.2 Å². The lowest BCUT2D eigenvalue weighted by Gasteiger charge is -2.16. The molecule has 4 rings (SSSR count). The van der Waals surface area contributed by atoms with E-state index in [9.17, 15) is 19.5 Å². The summed E-state index contributed by atoms with van der Waals surface area (Å²) in [6, 6.07) is 18.5. The third-order valence-electron chi connectivity index (χ3n) is 5.09. The molecule has 7 heteroatoms. The second-order valence-electron chi connectivity index (χ2n) is 7.09. The second-order valence-corrected chi connectivity index (χ2v) is 7.09. The quantitative estimate of drug-likeness (QED) is 0.602. The number of hydrogen-bond acceptors (Lipinski definition) is 5. The fourth-order valence-electron chi connectivity index (χ4n) is 3.54. The molecule has 0 aromatic heterocycles. The summed E-state index contributed by atoms with van der Waals surface area (Å²) < 4.78 is 5.32. The summed E-state index contributed by atoms with van der Waals surface area (Å²) in [7, 11) is 1.46. The monoisotopic (exact) mass is 416 g/mol. The predicted octanol–water partition coefficient (Wildman–Crippen LogP) is 3.24. The van der Waals surface area contributed by atoms with Gasteiger partial charge in [-0.3, -0.25) is 19.3 Å². The number of carbonyl (C=O) groups is 3. The van der Waals surface area contributed by atoms with E-state index in [1.165, 1.54) is 12.0 Å². The van der Waals surface area contributed by atoms with E-state index in [0.29, 0.717) is 33.7 Å². The number of nitrogens with zero attached hydrogens (tertiary/aromatic N) is 1. The lowest BCUT2D eigenvalue weighted by Crippen LogP contribution is -2.29. The Labute approximate surface area is 178 Å². The number of ether oxygens (including phenoxy) is 1. The number of aliphatic hydroxyl groups is 1. The van der Waals surface area contributed by atoms with Crippen molar-refractivity contribution in [3.63, 3.8) is 0 Å². The average molecular weight is 416 g/mol. The van der Waals surface area contributed by atoms with E-state index < -0.39 is 5.91 Å². The predicted molar refractivity (Wildman–Crippen MR) is 114 cm³/mol. The lowest BCUT2D eigenvalue weighted by molar-refractivity contribution is 0.0642. The molecule has 3 aromatic rings. The minimum Gasteiger partial charge on any atom is -0.496 e. The molecule has 0 fully saturated rings. The van der Waals surface area contributed by atoms with Gasteiger partial charge in [-0.2, -0.15) is 0 Å². The van der Waals surface area contributed by atoms with Gasteiger partial charge in [-0.05, 0) is 47.5 Å². The summed E-state index contributed by atoms with van der Waals surface area (Å²) in [5.74, 6) is -0.760. The molecule has 0 unspecified atom stereocenters. The maximum absolute atomic E-state index is 12.9. The van der Waals surface area contributed by atoms with Crippen molar-refractivity contribution < 1.29 is 24.2 Å². The van der Waals surface area contributed by atoms with Crippen molar-refractivity contribution in [2.45, 2.75) is 13.2 Å². The van der Waals surface area contributed by atoms with Crippen LogP contribution in [0.1, 0.15) is 42.2 Å². The van der Waals surface area contributed by atoms with Crippen LogP contribution in [-0.2, 0) is 13.2 Å². The Hall–Kier alpha value is -3.97. The van der Waals surface area contributed by atoms with Crippen LogP contribution in [0.15, 0.2) is 66.7 Å². The number of benzene rings is 3. The normalized spacial score (nSPS) is 12.6. The summed E-state index contributed by atoms with van der Waals surface area (Å²) in [6.45, 7) is -0.0978. The van der Waals surface area contributed by atoms with Crippen molar-refractivity contribution in [3.05, 3.63) is 94.5 Å². The first kappa shape index (κ1) is 20.3. The van der Waals surface area contributed by atoms with Crippen LogP contribution in [0, 0.1) is 0 Å². The molecule has 1 aliphatic rings. The third-order valence-corrected chi connectivity index (χ3v) is 5.09. The zero-order chi connectivity index (χ0) is 22.0. The van der Waals surface area contributed by atoms with Crippen molar-refractivity contribution in [1.82, 2.24) is 4.90 Å².